The second-order valence-electron chi connectivity index (χ2n) is 5.83. The zero-order valence-corrected chi connectivity index (χ0v) is 13.8. The summed E-state index contributed by atoms with van der Waals surface area (Å²) in [7, 11) is 0. The van der Waals surface area contributed by atoms with E-state index in [0.717, 1.165) is 5.56 Å². The molecule has 3 nitrogen and oxygen atoms in total. The van der Waals surface area contributed by atoms with Crippen LogP contribution in [0, 0.1) is 17.2 Å². The van der Waals surface area contributed by atoms with Crippen LogP contribution < -0.4 is 5.32 Å². The average molecular weight is 308 g/mol. The van der Waals surface area contributed by atoms with Gasteiger partial charge in [-0.15, -0.1) is 0 Å². The fraction of sp³-hybridized carbons (Fsp3) is 0.350. The van der Waals surface area contributed by atoms with Gasteiger partial charge in [-0.05, 0) is 18.1 Å². The summed E-state index contributed by atoms with van der Waals surface area (Å²) in [6, 6.07) is 22.4. The smallest absolute Gasteiger partial charge is 0.101 e. The minimum Gasteiger partial charge on any atom is -0.373 e. The van der Waals surface area contributed by atoms with E-state index in [9.17, 15) is 5.26 Å². The van der Waals surface area contributed by atoms with E-state index in [-0.39, 0.29) is 18.1 Å². The molecule has 0 aliphatic heterocycles. The van der Waals surface area contributed by atoms with Crippen molar-refractivity contribution in [3.63, 3.8) is 0 Å². The molecule has 0 aliphatic carbocycles. The molecule has 0 radical (unpaired) electrons. The summed E-state index contributed by atoms with van der Waals surface area (Å²) < 4.78 is 5.93. The highest BCUT2D eigenvalue weighted by molar-refractivity contribution is 5.15. The zero-order chi connectivity index (χ0) is 16.5. The molecule has 120 valence electrons. The SMILES string of the molecule is C[C@H]([C@H](C#N)NCc1ccccc1)[C@H](C)OCc1ccccc1. The van der Waals surface area contributed by atoms with Crippen LogP contribution in [-0.2, 0) is 17.9 Å². The molecule has 0 saturated carbocycles. The molecule has 0 spiro atoms. The standard InChI is InChI=1S/C20H24N2O/c1-16(17(2)23-15-19-11-7-4-8-12-19)20(13-21)22-14-18-9-5-3-6-10-18/h3-12,16-17,20,22H,14-15H2,1-2H3/t16-,17-,20-/m0/s1. The van der Waals surface area contributed by atoms with Crippen molar-refractivity contribution in [1.29, 1.82) is 5.26 Å². The molecule has 0 fully saturated rings. The maximum atomic E-state index is 9.44. The van der Waals surface area contributed by atoms with Crippen molar-refractivity contribution < 1.29 is 4.74 Å². The topological polar surface area (TPSA) is 45.0 Å². The Morgan fingerprint density at radius 1 is 0.957 bits per heavy atom. The number of hydrogen-bond acceptors (Lipinski definition) is 3. The van der Waals surface area contributed by atoms with Crippen molar-refractivity contribution in [2.24, 2.45) is 5.92 Å². The van der Waals surface area contributed by atoms with Crippen LogP contribution in [0.3, 0.4) is 0 Å². The van der Waals surface area contributed by atoms with Gasteiger partial charge in [0.1, 0.15) is 6.04 Å². The Morgan fingerprint density at radius 2 is 1.52 bits per heavy atom. The quantitative estimate of drug-likeness (QED) is 0.804. The number of nitriles is 1. The Morgan fingerprint density at radius 3 is 2.09 bits per heavy atom. The highest BCUT2D eigenvalue weighted by Gasteiger charge is 2.22. The fourth-order valence-electron chi connectivity index (χ4n) is 2.40. The molecular weight excluding hydrogens is 284 g/mol. The van der Waals surface area contributed by atoms with Crippen molar-refractivity contribution >= 4 is 0 Å². The first kappa shape index (κ1) is 17.2. The van der Waals surface area contributed by atoms with Crippen LogP contribution in [0.1, 0.15) is 25.0 Å². The zero-order valence-electron chi connectivity index (χ0n) is 13.8. The van der Waals surface area contributed by atoms with Gasteiger partial charge in [0.2, 0.25) is 0 Å². The van der Waals surface area contributed by atoms with Crippen LogP contribution in [0.15, 0.2) is 60.7 Å². The van der Waals surface area contributed by atoms with Gasteiger partial charge in [0, 0.05) is 12.5 Å². The molecule has 23 heavy (non-hydrogen) atoms. The molecule has 1 N–H and O–H groups in total. The Balaban J connectivity index is 1.83. The molecule has 0 unspecified atom stereocenters. The van der Waals surface area contributed by atoms with Crippen molar-refractivity contribution in [3.8, 4) is 6.07 Å². The molecule has 0 aromatic heterocycles. The highest BCUT2D eigenvalue weighted by Crippen LogP contribution is 2.15. The fourth-order valence-corrected chi connectivity index (χ4v) is 2.40. The maximum Gasteiger partial charge on any atom is 0.101 e. The van der Waals surface area contributed by atoms with Crippen molar-refractivity contribution in [1.82, 2.24) is 5.32 Å². The summed E-state index contributed by atoms with van der Waals surface area (Å²) in [5, 5.41) is 12.8. The predicted octanol–water partition coefficient (Wildman–Crippen LogP) is 3.91. The summed E-state index contributed by atoms with van der Waals surface area (Å²) in [6.45, 7) is 5.35. The van der Waals surface area contributed by atoms with Crippen LogP contribution in [0.2, 0.25) is 0 Å². The third-order valence-corrected chi connectivity index (χ3v) is 4.13. The first-order valence-corrected chi connectivity index (χ1v) is 8.03. The van der Waals surface area contributed by atoms with Gasteiger partial charge in [0.15, 0.2) is 0 Å². The largest absolute Gasteiger partial charge is 0.373 e. The van der Waals surface area contributed by atoms with Crippen molar-refractivity contribution in [2.75, 3.05) is 0 Å². The highest BCUT2D eigenvalue weighted by atomic mass is 16.5. The number of nitrogens with zero attached hydrogens (tertiary/aromatic N) is 1. The third kappa shape index (κ3) is 5.52. The average Bonchev–Trinajstić information content (AvgIpc) is 2.61. The summed E-state index contributed by atoms with van der Waals surface area (Å²) in [5.41, 5.74) is 2.33. The maximum absolute atomic E-state index is 9.44. The van der Waals surface area contributed by atoms with Gasteiger partial charge in [-0.2, -0.15) is 5.26 Å². The minimum atomic E-state index is -0.235. The first-order chi connectivity index (χ1) is 11.2. The number of benzene rings is 2. The van der Waals surface area contributed by atoms with Gasteiger partial charge in [-0.25, -0.2) is 0 Å². The Labute approximate surface area is 138 Å². The van der Waals surface area contributed by atoms with E-state index in [1.807, 2.05) is 55.5 Å². The molecule has 3 heteroatoms. The van der Waals surface area contributed by atoms with Crippen LogP contribution in [0.25, 0.3) is 0 Å². The summed E-state index contributed by atoms with van der Waals surface area (Å²) in [5.74, 6) is 0.104. The molecule has 0 heterocycles. The van der Waals surface area contributed by atoms with Crippen molar-refractivity contribution in [3.05, 3.63) is 71.8 Å². The van der Waals surface area contributed by atoms with Crippen molar-refractivity contribution in [2.45, 2.75) is 39.1 Å². The molecular formula is C20H24N2O. The number of ether oxygens (including phenoxy) is 1. The Bertz CT molecular complexity index is 607. The summed E-state index contributed by atoms with van der Waals surface area (Å²) >= 11 is 0. The normalized spacial score (nSPS) is 14.7. The van der Waals surface area contributed by atoms with Gasteiger partial charge < -0.3 is 4.74 Å². The summed E-state index contributed by atoms with van der Waals surface area (Å²) in [4.78, 5) is 0. The van der Waals surface area contributed by atoms with E-state index < -0.39 is 0 Å². The second kappa shape index (κ2) is 9.09. The van der Waals surface area contributed by atoms with E-state index in [1.54, 1.807) is 0 Å². The lowest BCUT2D eigenvalue weighted by atomic mass is 9.97. The van der Waals surface area contributed by atoms with Gasteiger partial charge in [-0.1, -0.05) is 67.6 Å². The van der Waals surface area contributed by atoms with Crippen LogP contribution in [-0.4, -0.2) is 12.1 Å². The van der Waals surface area contributed by atoms with E-state index >= 15 is 0 Å². The Hall–Kier alpha value is -2.15. The molecule has 2 aromatic rings. The van der Waals surface area contributed by atoms with E-state index in [2.05, 4.69) is 30.4 Å². The molecule has 3 atom stereocenters. The lowest BCUT2D eigenvalue weighted by Crippen LogP contribution is -2.39. The number of hydrogen-bond donors (Lipinski definition) is 1. The molecule has 0 aliphatic rings. The van der Waals surface area contributed by atoms with Gasteiger partial charge in [-0.3, -0.25) is 5.32 Å². The first-order valence-electron chi connectivity index (χ1n) is 8.03. The van der Waals surface area contributed by atoms with Crippen LogP contribution >= 0.6 is 0 Å². The lowest BCUT2D eigenvalue weighted by Gasteiger charge is -2.25. The van der Waals surface area contributed by atoms with E-state index in [4.69, 9.17) is 4.74 Å². The third-order valence-electron chi connectivity index (χ3n) is 4.13. The molecule has 2 rings (SSSR count). The predicted molar refractivity (Wildman–Crippen MR) is 92.5 cm³/mol. The number of rotatable bonds is 8. The summed E-state index contributed by atoms with van der Waals surface area (Å²) in [6.07, 6.45) is 0.00290. The monoisotopic (exact) mass is 308 g/mol. The molecule has 0 amide bonds. The van der Waals surface area contributed by atoms with Gasteiger partial charge >= 0.3 is 0 Å². The van der Waals surface area contributed by atoms with E-state index in [1.165, 1.54) is 5.56 Å². The van der Waals surface area contributed by atoms with Crippen LogP contribution in [0.4, 0.5) is 0 Å². The van der Waals surface area contributed by atoms with Crippen LogP contribution in [0.5, 0.6) is 0 Å². The molecule has 0 bridgehead atoms. The number of nitrogens with one attached hydrogen (secondary N) is 1. The lowest BCUT2D eigenvalue weighted by molar-refractivity contribution is 0.0124. The van der Waals surface area contributed by atoms with Gasteiger partial charge in [0.25, 0.3) is 0 Å². The molecule has 2 aromatic carbocycles. The Kier molecular flexibility index (Phi) is 6.80. The minimum absolute atomic E-state index is 0.00290. The molecule has 0 saturated heterocycles. The van der Waals surface area contributed by atoms with E-state index in [0.29, 0.717) is 13.2 Å². The van der Waals surface area contributed by atoms with Gasteiger partial charge in [0.05, 0.1) is 18.8 Å². The second-order valence-corrected chi connectivity index (χ2v) is 5.83.